The van der Waals surface area contributed by atoms with E-state index in [0.29, 0.717) is 0 Å². The fourth-order valence-electron chi connectivity index (χ4n) is 5.79. The maximum absolute atomic E-state index is 5.93. The minimum atomic E-state index is 0.112. The molecule has 37 heavy (non-hydrogen) atoms. The average Bonchev–Trinajstić information content (AvgIpc) is 2.95. The van der Waals surface area contributed by atoms with E-state index in [1.165, 1.54) is 40.3 Å². The first-order chi connectivity index (χ1) is 18.2. The summed E-state index contributed by atoms with van der Waals surface area (Å²) in [5.41, 5.74) is 6.10. The van der Waals surface area contributed by atoms with Gasteiger partial charge in [0, 0.05) is 35.5 Å². The van der Waals surface area contributed by atoms with Crippen LogP contribution >= 0.6 is 0 Å². The lowest BCUT2D eigenvalue weighted by molar-refractivity contribution is 0.350. The fraction of sp³-hybridized carbons (Fsp3) is 0.364. The Kier molecular flexibility index (Phi) is 7.64. The summed E-state index contributed by atoms with van der Waals surface area (Å²) in [7, 11) is 3.44. The highest BCUT2D eigenvalue weighted by atomic mass is 16.5. The zero-order valence-corrected chi connectivity index (χ0v) is 22.6. The van der Waals surface area contributed by atoms with Crippen LogP contribution in [0.25, 0.3) is 22.0 Å². The van der Waals surface area contributed by atoms with Gasteiger partial charge < -0.3 is 14.4 Å². The van der Waals surface area contributed by atoms with Gasteiger partial charge in [-0.2, -0.15) is 0 Å². The highest BCUT2D eigenvalue weighted by molar-refractivity contribution is 6.00. The first-order valence-electron chi connectivity index (χ1n) is 13.7. The second-order valence-electron chi connectivity index (χ2n) is 9.93. The number of pyridine rings is 1. The lowest BCUT2D eigenvalue weighted by Gasteiger charge is -2.33. The van der Waals surface area contributed by atoms with Gasteiger partial charge >= 0.3 is 0 Å². The van der Waals surface area contributed by atoms with Crippen molar-refractivity contribution in [3.8, 4) is 22.8 Å². The molecule has 0 bridgehead atoms. The van der Waals surface area contributed by atoms with Crippen molar-refractivity contribution < 1.29 is 9.47 Å². The Labute approximate surface area is 221 Å². The Balaban J connectivity index is 1.79. The maximum Gasteiger partial charge on any atom is 0.164 e. The Bertz CT molecular complexity index is 1370. The molecule has 0 fully saturated rings. The number of hydrogen-bond donors (Lipinski definition) is 0. The second kappa shape index (κ2) is 11.2. The summed E-state index contributed by atoms with van der Waals surface area (Å²) >= 11 is 0. The first-order valence-corrected chi connectivity index (χ1v) is 13.7. The minimum Gasteiger partial charge on any atom is -0.493 e. The number of rotatable bonds is 10. The Morgan fingerprint density at radius 1 is 0.811 bits per heavy atom. The van der Waals surface area contributed by atoms with Crippen molar-refractivity contribution in [1.29, 1.82) is 0 Å². The quantitative estimate of drug-likeness (QED) is 0.224. The second-order valence-corrected chi connectivity index (χ2v) is 9.93. The number of aromatic nitrogens is 1. The third kappa shape index (κ3) is 4.66. The zero-order valence-electron chi connectivity index (χ0n) is 22.6. The molecular weight excluding hydrogens is 456 g/mol. The van der Waals surface area contributed by atoms with E-state index < -0.39 is 0 Å². The summed E-state index contributed by atoms with van der Waals surface area (Å²) in [6, 6.07) is 23.8. The summed E-state index contributed by atoms with van der Waals surface area (Å²) in [6.07, 6.45) is 5.57. The van der Waals surface area contributed by atoms with Gasteiger partial charge in [-0.3, -0.25) is 0 Å². The number of anilines is 1. The summed E-state index contributed by atoms with van der Waals surface area (Å²) in [6.45, 7) is 6.58. The summed E-state index contributed by atoms with van der Waals surface area (Å²) in [4.78, 5) is 8.04. The van der Waals surface area contributed by atoms with Crippen molar-refractivity contribution in [1.82, 2.24) is 4.98 Å². The molecule has 3 aromatic carbocycles. The number of nitrogens with zero attached hydrogens (tertiary/aromatic N) is 2. The molecule has 1 aliphatic carbocycles. The molecule has 4 aromatic rings. The van der Waals surface area contributed by atoms with Gasteiger partial charge in [0.05, 0.1) is 19.9 Å². The van der Waals surface area contributed by atoms with Crippen molar-refractivity contribution in [2.24, 2.45) is 0 Å². The predicted octanol–water partition coefficient (Wildman–Crippen LogP) is 8.01. The molecule has 1 unspecified atom stereocenters. The molecule has 0 N–H and O–H groups in total. The topological polar surface area (TPSA) is 34.6 Å². The highest BCUT2D eigenvalue weighted by Crippen LogP contribution is 2.49. The molecule has 192 valence electrons. The molecule has 1 heterocycles. The van der Waals surface area contributed by atoms with Gasteiger partial charge in [-0.15, -0.1) is 0 Å². The van der Waals surface area contributed by atoms with Gasteiger partial charge in [-0.1, -0.05) is 87.4 Å². The molecular formula is C33H38N2O2. The largest absolute Gasteiger partial charge is 0.493 e. The number of unbranched alkanes of at least 4 members (excludes halogenated alkanes) is 2. The molecule has 0 aliphatic heterocycles. The third-order valence-electron chi connectivity index (χ3n) is 7.65. The first kappa shape index (κ1) is 25.1. The van der Waals surface area contributed by atoms with Crippen LogP contribution in [-0.4, -0.2) is 32.3 Å². The number of ether oxygens (including phenoxy) is 2. The smallest absolute Gasteiger partial charge is 0.164 e. The Morgan fingerprint density at radius 2 is 1.51 bits per heavy atom. The van der Waals surface area contributed by atoms with Crippen LogP contribution in [0, 0.1) is 0 Å². The van der Waals surface area contributed by atoms with Crippen LogP contribution in [0.2, 0.25) is 0 Å². The van der Waals surface area contributed by atoms with Crippen LogP contribution < -0.4 is 14.4 Å². The van der Waals surface area contributed by atoms with E-state index in [4.69, 9.17) is 14.5 Å². The van der Waals surface area contributed by atoms with Crippen LogP contribution in [0.4, 0.5) is 5.82 Å². The van der Waals surface area contributed by atoms with E-state index in [9.17, 15) is 0 Å². The van der Waals surface area contributed by atoms with E-state index in [0.717, 1.165) is 60.9 Å². The lowest BCUT2D eigenvalue weighted by atomic mass is 9.75. The molecule has 1 aliphatic rings. The summed E-state index contributed by atoms with van der Waals surface area (Å²) in [5, 5.41) is 2.52. The number of hydrogen-bond acceptors (Lipinski definition) is 4. The molecule has 0 amide bonds. The lowest BCUT2D eigenvalue weighted by Crippen LogP contribution is -2.27. The Morgan fingerprint density at radius 3 is 2.22 bits per heavy atom. The number of benzene rings is 3. The van der Waals surface area contributed by atoms with E-state index in [2.05, 4.69) is 79.4 Å². The molecule has 0 saturated heterocycles. The highest BCUT2D eigenvalue weighted by Gasteiger charge is 2.33. The van der Waals surface area contributed by atoms with Crippen molar-refractivity contribution in [2.75, 3.05) is 32.2 Å². The predicted molar refractivity (Wildman–Crippen MR) is 154 cm³/mol. The molecule has 1 aromatic heterocycles. The molecule has 5 rings (SSSR count). The van der Waals surface area contributed by atoms with Crippen molar-refractivity contribution >= 4 is 16.6 Å². The van der Waals surface area contributed by atoms with Crippen LogP contribution in [0.1, 0.15) is 62.1 Å². The molecule has 0 radical (unpaired) electrons. The maximum atomic E-state index is 5.93. The molecule has 1 atom stereocenters. The van der Waals surface area contributed by atoms with E-state index in [1.54, 1.807) is 14.2 Å². The molecule has 0 spiro atoms. The number of para-hydroxylation sites is 1. The molecule has 4 heteroatoms. The number of fused-ring (bicyclic) bond motifs is 5. The zero-order chi connectivity index (χ0) is 25.8. The average molecular weight is 495 g/mol. The van der Waals surface area contributed by atoms with Crippen molar-refractivity contribution in [3.05, 3.63) is 83.4 Å². The fourth-order valence-corrected chi connectivity index (χ4v) is 5.79. The monoisotopic (exact) mass is 494 g/mol. The van der Waals surface area contributed by atoms with E-state index in [-0.39, 0.29) is 5.92 Å². The van der Waals surface area contributed by atoms with Gasteiger partial charge in [0.25, 0.3) is 0 Å². The van der Waals surface area contributed by atoms with Gasteiger partial charge in [-0.25, -0.2) is 4.98 Å². The Hall–Kier alpha value is -3.53. The van der Waals surface area contributed by atoms with Crippen LogP contribution in [0.15, 0.2) is 66.7 Å². The molecule has 4 nitrogen and oxygen atoms in total. The number of methoxy groups -OCH3 is 2. The van der Waals surface area contributed by atoms with E-state index in [1.807, 2.05) is 6.07 Å². The van der Waals surface area contributed by atoms with Gasteiger partial charge in [0.1, 0.15) is 5.82 Å². The van der Waals surface area contributed by atoms with E-state index >= 15 is 0 Å². The SMILES string of the molecule is CCCCN(CCCC)c1nc2c(c3ccccc13)C(c1cccc(OC)c1OC)Cc1ccccc1-2. The van der Waals surface area contributed by atoms with Crippen LogP contribution in [0.5, 0.6) is 11.5 Å². The summed E-state index contributed by atoms with van der Waals surface area (Å²) in [5.74, 6) is 2.80. The van der Waals surface area contributed by atoms with Gasteiger partial charge in [0.2, 0.25) is 0 Å². The van der Waals surface area contributed by atoms with Crippen molar-refractivity contribution in [2.45, 2.75) is 51.9 Å². The van der Waals surface area contributed by atoms with Gasteiger partial charge in [0.15, 0.2) is 11.5 Å². The van der Waals surface area contributed by atoms with Crippen LogP contribution in [0.3, 0.4) is 0 Å². The molecule has 0 saturated carbocycles. The van der Waals surface area contributed by atoms with Gasteiger partial charge in [-0.05, 0) is 41.8 Å². The standard InChI is InChI=1S/C33H38N2O2/c1-5-7-20-35(21-8-6-2)33-27-17-12-11-16-25(27)30-28(26-18-13-19-29(36-3)32(26)37-4)22-23-14-9-10-15-24(23)31(30)34-33/h9-19,28H,5-8,20-22H2,1-4H3. The third-order valence-corrected chi connectivity index (χ3v) is 7.65. The van der Waals surface area contributed by atoms with Crippen molar-refractivity contribution in [3.63, 3.8) is 0 Å². The van der Waals surface area contributed by atoms with Crippen LogP contribution in [-0.2, 0) is 6.42 Å². The normalized spacial score (nSPS) is 14.2. The minimum absolute atomic E-state index is 0.112. The summed E-state index contributed by atoms with van der Waals surface area (Å²) < 4.78 is 11.6.